The number of benzene rings is 2. The number of carbonyl (C=O) groups excluding carboxylic acids is 1. The van der Waals surface area contributed by atoms with Gasteiger partial charge in [0.2, 0.25) is 0 Å². The third kappa shape index (κ3) is 2.80. The number of para-hydroxylation sites is 1. The molecular weight excluding hydrogens is 342 g/mol. The molecule has 1 N–H and O–H groups in total. The zero-order valence-electron chi connectivity index (χ0n) is 12.0. The lowest BCUT2D eigenvalue weighted by Gasteiger charge is -1.99. The number of rotatable bonds is 3. The van der Waals surface area contributed by atoms with Crippen LogP contribution in [0.5, 0.6) is 0 Å². The van der Waals surface area contributed by atoms with E-state index in [-0.39, 0.29) is 5.91 Å². The summed E-state index contributed by atoms with van der Waals surface area (Å²) in [5.74, 6) is -0.222. The molecule has 0 bridgehead atoms. The van der Waals surface area contributed by atoms with Crippen LogP contribution in [0.2, 0.25) is 0 Å². The summed E-state index contributed by atoms with van der Waals surface area (Å²) in [5.41, 5.74) is 5.11. The quantitative estimate of drug-likeness (QED) is 0.565. The first-order valence-corrected chi connectivity index (χ1v) is 7.58. The van der Waals surface area contributed by atoms with Crippen molar-refractivity contribution in [2.75, 3.05) is 0 Å². The number of amides is 1. The first-order chi connectivity index (χ1) is 10.7. The summed E-state index contributed by atoms with van der Waals surface area (Å²) in [6.07, 6.45) is 3.43. The van der Waals surface area contributed by atoms with Crippen LogP contribution in [0, 0.1) is 0 Å². The molecule has 1 heterocycles. The lowest BCUT2D eigenvalue weighted by atomic mass is 10.2. The predicted molar refractivity (Wildman–Crippen MR) is 92.1 cm³/mol. The maximum atomic E-state index is 12.3. The maximum Gasteiger partial charge on any atom is 0.273 e. The summed E-state index contributed by atoms with van der Waals surface area (Å²) < 4.78 is 2.86. The van der Waals surface area contributed by atoms with E-state index in [0.29, 0.717) is 5.56 Å². The highest BCUT2D eigenvalue weighted by molar-refractivity contribution is 9.10. The molecular formula is C17H14BrN3O. The second-order valence-electron chi connectivity index (χ2n) is 4.89. The Morgan fingerprint density at radius 3 is 2.73 bits per heavy atom. The van der Waals surface area contributed by atoms with E-state index >= 15 is 0 Å². The average molecular weight is 356 g/mol. The predicted octanol–water partition coefficient (Wildman–Crippen LogP) is 3.70. The highest BCUT2D eigenvalue weighted by Gasteiger charge is 2.12. The molecule has 0 radical (unpaired) electrons. The van der Waals surface area contributed by atoms with Crippen molar-refractivity contribution in [3.63, 3.8) is 0 Å². The van der Waals surface area contributed by atoms with Crippen LogP contribution in [0.1, 0.15) is 15.9 Å². The van der Waals surface area contributed by atoms with Crippen molar-refractivity contribution in [3.05, 3.63) is 70.3 Å². The monoisotopic (exact) mass is 355 g/mol. The van der Waals surface area contributed by atoms with E-state index in [9.17, 15) is 4.79 Å². The summed E-state index contributed by atoms with van der Waals surface area (Å²) in [7, 11) is 1.92. The smallest absolute Gasteiger partial charge is 0.273 e. The highest BCUT2D eigenvalue weighted by Crippen LogP contribution is 2.20. The van der Waals surface area contributed by atoms with Gasteiger partial charge in [0.1, 0.15) is 0 Å². The van der Waals surface area contributed by atoms with Crippen LogP contribution in [-0.2, 0) is 7.05 Å². The topological polar surface area (TPSA) is 46.4 Å². The number of hydrazone groups is 1. The molecule has 110 valence electrons. The second-order valence-corrected chi connectivity index (χ2v) is 5.75. The molecule has 0 aliphatic heterocycles. The Bertz CT molecular complexity index is 867. The van der Waals surface area contributed by atoms with Crippen LogP contribution in [0.4, 0.5) is 0 Å². The van der Waals surface area contributed by atoms with Gasteiger partial charge in [-0.25, -0.2) is 5.43 Å². The minimum absolute atomic E-state index is 0.222. The van der Waals surface area contributed by atoms with Crippen LogP contribution in [0.15, 0.2) is 64.3 Å². The molecule has 0 saturated carbocycles. The second kappa shape index (κ2) is 6.15. The molecule has 4 nitrogen and oxygen atoms in total. The standard InChI is InChI=1S/C17H14BrN3O/c1-21-11-14(13-7-3-5-9-16(13)21)17(22)20-19-10-12-6-2-4-8-15(12)18/h2-11H,1H3,(H,20,22)/b19-10-. The minimum Gasteiger partial charge on any atom is -0.350 e. The third-order valence-electron chi connectivity index (χ3n) is 3.42. The highest BCUT2D eigenvalue weighted by atomic mass is 79.9. The summed E-state index contributed by atoms with van der Waals surface area (Å²) in [6, 6.07) is 15.5. The number of nitrogens with zero attached hydrogens (tertiary/aromatic N) is 2. The largest absolute Gasteiger partial charge is 0.350 e. The van der Waals surface area contributed by atoms with Crippen molar-refractivity contribution in [1.82, 2.24) is 9.99 Å². The summed E-state index contributed by atoms with van der Waals surface area (Å²) in [6.45, 7) is 0. The molecule has 3 rings (SSSR count). The van der Waals surface area contributed by atoms with E-state index in [4.69, 9.17) is 0 Å². The SMILES string of the molecule is Cn1cc(C(=O)N/N=C\c2ccccc2Br)c2ccccc21. The van der Waals surface area contributed by atoms with E-state index < -0.39 is 0 Å². The van der Waals surface area contributed by atoms with Crippen molar-refractivity contribution in [1.29, 1.82) is 0 Å². The number of halogens is 1. The van der Waals surface area contributed by atoms with Gasteiger partial charge in [0.15, 0.2) is 0 Å². The number of hydrogen-bond acceptors (Lipinski definition) is 2. The van der Waals surface area contributed by atoms with Gasteiger partial charge in [-0.3, -0.25) is 4.79 Å². The lowest BCUT2D eigenvalue weighted by molar-refractivity contribution is 0.0956. The van der Waals surface area contributed by atoms with Gasteiger partial charge in [0.05, 0.1) is 11.8 Å². The van der Waals surface area contributed by atoms with Gasteiger partial charge in [-0.05, 0) is 12.1 Å². The van der Waals surface area contributed by atoms with Crippen molar-refractivity contribution >= 4 is 39.0 Å². The number of carbonyl (C=O) groups is 1. The molecule has 1 amide bonds. The Hall–Kier alpha value is -2.40. The number of hydrogen-bond donors (Lipinski definition) is 1. The average Bonchev–Trinajstić information content (AvgIpc) is 2.87. The van der Waals surface area contributed by atoms with Gasteiger partial charge in [-0.1, -0.05) is 52.3 Å². The van der Waals surface area contributed by atoms with E-state index in [1.54, 1.807) is 6.21 Å². The number of fused-ring (bicyclic) bond motifs is 1. The molecule has 0 spiro atoms. The van der Waals surface area contributed by atoms with E-state index in [0.717, 1.165) is 20.9 Å². The molecule has 2 aromatic carbocycles. The molecule has 0 aliphatic rings. The normalized spacial score (nSPS) is 11.2. The molecule has 0 saturated heterocycles. The summed E-state index contributed by atoms with van der Waals surface area (Å²) in [5, 5.41) is 4.95. The fourth-order valence-corrected chi connectivity index (χ4v) is 2.71. The first kappa shape index (κ1) is 14.5. The number of aryl methyl sites for hydroxylation is 1. The molecule has 1 aromatic heterocycles. The van der Waals surface area contributed by atoms with Crippen LogP contribution >= 0.6 is 15.9 Å². The lowest BCUT2D eigenvalue weighted by Crippen LogP contribution is -2.17. The van der Waals surface area contributed by atoms with Crippen LogP contribution in [0.3, 0.4) is 0 Å². The molecule has 0 aliphatic carbocycles. The molecule has 22 heavy (non-hydrogen) atoms. The molecule has 0 fully saturated rings. The van der Waals surface area contributed by atoms with Crippen LogP contribution < -0.4 is 5.43 Å². The zero-order chi connectivity index (χ0) is 15.5. The Balaban J connectivity index is 1.81. The van der Waals surface area contributed by atoms with E-state index in [1.807, 2.05) is 66.3 Å². The van der Waals surface area contributed by atoms with Crippen molar-refractivity contribution in [2.24, 2.45) is 12.1 Å². The van der Waals surface area contributed by atoms with Gasteiger partial charge in [0.25, 0.3) is 5.91 Å². The van der Waals surface area contributed by atoms with E-state index in [2.05, 4.69) is 26.5 Å². The Morgan fingerprint density at radius 2 is 1.91 bits per heavy atom. The summed E-state index contributed by atoms with van der Waals surface area (Å²) in [4.78, 5) is 12.3. The first-order valence-electron chi connectivity index (χ1n) is 6.79. The van der Waals surface area contributed by atoms with Crippen molar-refractivity contribution in [2.45, 2.75) is 0 Å². The summed E-state index contributed by atoms with van der Waals surface area (Å²) >= 11 is 3.44. The van der Waals surface area contributed by atoms with Gasteiger partial charge in [0, 0.05) is 34.2 Å². The van der Waals surface area contributed by atoms with Crippen LogP contribution in [-0.4, -0.2) is 16.7 Å². The fraction of sp³-hybridized carbons (Fsp3) is 0.0588. The Labute approximate surface area is 136 Å². The number of nitrogens with one attached hydrogen (secondary N) is 1. The van der Waals surface area contributed by atoms with Gasteiger partial charge < -0.3 is 4.57 Å². The van der Waals surface area contributed by atoms with Crippen molar-refractivity contribution < 1.29 is 4.79 Å². The number of aromatic nitrogens is 1. The zero-order valence-corrected chi connectivity index (χ0v) is 13.5. The molecule has 0 unspecified atom stereocenters. The van der Waals surface area contributed by atoms with Gasteiger partial charge in [-0.2, -0.15) is 5.10 Å². The Kier molecular flexibility index (Phi) is 4.06. The molecule has 0 atom stereocenters. The fourth-order valence-electron chi connectivity index (χ4n) is 2.32. The molecule has 3 aromatic rings. The third-order valence-corrected chi connectivity index (χ3v) is 4.14. The van der Waals surface area contributed by atoms with Crippen molar-refractivity contribution in [3.8, 4) is 0 Å². The maximum absolute atomic E-state index is 12.3. The van der Waals surface area contributed by atoms with Crippen LogP contribution in [0.25, 0.3) is 10.9 Å². The molecule has 5 heteroatoms. The minimum atomic E-state index is -0.222. The van der Waals surface area contributed by atoms with E-state index in [1.165, 1.54) is 0 Å². The van der Waals surface area contributed by atoms with Gasteiger partial charge >= 0.3 is 0 Å². The van der Waals surface area contributed by atoms with Gasteiger partial charge in [-0.15, -0.1) is 0 Å². The Morgan fingerprint density at radius 1 is 1.18 bits per heavy atom.